The first kappa shape index (κ1) is 18.8. The number of benzene rings is 2. The van der Waals surface area contributed by atoms with E-state index in [-0.39, 0.29) is 30.6 Å². The Morgan fingerprint density at radius 2 is 1.72 bits per heavy atom. The standard InChI is InChI=1S/C19H21F3N2O/c1-13(2)24(12-14-6-4-3-5-7-14)17(25)10-11-23-16-9-8-15(20)18(21)19(16)22/h3-9,13,23H,10-12H2,1-2H3. The summed E-state index contributed by atoms with van der Waals surface area (Å²) < 4.78 is 39.7. The van der Waals surface area contributed by atoms with Crippen molar-refractivity contribution in [2.45, 2.75) is 32.9 Å². The second kappa shape index (κ2) is 8.55. The molecule has 0 saturated heterocycles. The molecule has 0 fully saturated rings. The summed E-state index contributed by atoms with van der Waals surface area (Å²) in [4.78, 5) is 14.2. The van der Waals surface area contributed by atoms with Gasteiger partial charge in [-0.25, -0.2) is 13.2 Å². The first-order valence-electron chi connectivity index (χ1n) is 8.11. The van der Waals surface area contributed by atoms with Crippen LogP contribution in [0.15, 0.2) is 42.5 Å². The normalized spacial score (nSPS) is 10.8. The van der Waals surface area contributed by atoms with Crippen LogP contribution in [0, 0.1) is 17.5 Å². The first-order valence-corrected chi connectivity index (χ1v) is 8.11. The third-order valence-corrected chi connectivity index (χ3v) is 3.83. The minimum absolute atomic E-state index is 0.00714. The number of nitrogens with zero attached hydrogens (tertiary/aromatic N) is 1. The zero-order valence-electron chi connectivity index (χ0n) is 14.2. The number of hydrogen-bond donors (Lipinski definition) is 1. The van der Waals surface area contributed by atoms with Crippen molar-refractivity contribution in [2.24, 2.45) is 0 Å². The van der Waals surface area contributed by atoms with Crippen LogP contribution in [0.2, 0.25) is 0 Å². The molecule has 0 radical (unpaired) electrons. The monoisotopic (exact) mass is 350 g/mol. The quantitative estimate of drug-likeness (QED) is 0.753. The van der Waals surface area contributed by atoms with Gasteiger partial charge in [0.15, 0.2) is 17.5 Å². The molecule has 0 atom stereocenters. The molecule has 0 unspecified atom stereocenters. The Morgan fingerprint density at radius 1 is 1.04 bits per heavy atom. The molecule has 134 valence electrons. The molecule has 3 nitrogen and oxygen atoms in total. The highest BCUT2D eigenvalue weighted by molar-refractivity contribution is 5.77. The zero-order valence-corrected chi connectivity index (χ0v) is 14.2. The predicted molar refractivity (Wildman–Crippen MR) is 91.6 cm³/mol. The summed E-state index contributed by atoms with van der Waals surface area (Å²) in [6.45, 7) is 4.45. The van der Waals surface area contributed by atoms with Gasteiger partial charge in [-0.15, -0.1) is 0 Å². The fourth-order valence-electron chi connectivity index (χ4n) is 2.45. The number of rotatable bonds is 7. The second-order valence-electron chi connectivity index (χ2n) is 6.00. The molecular formula is C19H21F3N2O. The second-order valence-corrected chi connectivity index (χ2v) is 6.00. The fourth-order valence-corrected chi connectivity index (χ4v) is 2.45. The van der Waals surface area contributed by atoms with Gasteiger partial charge in [-0.05, 0) is 31.5 Å². The molecule has 1 amide bonds. The Kier molecular flexibility index (Phi) is 6.44. The third-order valence-electron chi connectivity index (χ3n) is 3.83. The molecule has 2 aromatic rings. The molecule has 0 heterocycles. The number of amides is 1. The number of hydrogen-bond acceptors (Lipinski definition) is 2. The van der Waals surface area contributed by atoms with Crippen LogP contribution in [0.4, 0.5) is 18.9 Å². The minimum Gasteiger partial charge on any atom is -0.382 e. The lowest BCUT2D eigenvalue weighted by atomic mass is 10.1. The van der Waals surface area contributed by atoms with Crippen molar-refractivity contribution in [1.82, 2.24) is 4.90 Å². The molecule has 0 bridgehead atoms. The molecule has 2 rings (SSSR count). The number of nitrogens with one attached hydrogen (secondary N) is 1. The van der Waals surface area contributed by atoms with Crippen molar-refractivity contribution in [3.63, 3.8) is 0 Å². The van der Waals surface area contributed by atoms with E-state index in [0.29, 0.717) is 6.54 Å². The molecule has 2 aromatic carbocycles. The highest BCUT2D eigenvalue weighted by atomic mass is 19.2. The Morgan fingerprint density at radius 3 is 2.36 bits per heavy atom. The van der Waals surface area contributed by atoms with Crippen LogP contribution in [-0.2, 0) is 11.3 Å². The molecule has 0 saturated carbocycles. The van der Waals surface area contributed by atoms with E-state index >= 15 is 0 Å². The Hall–Kier alpha value is -2.50. The van der Waals surface area contributed by atoms with Crippen LogP contribution in [0.1, 0.15) is 25.8 Å². The summed E-state index contributed by atoms with van der Waals surface area (Å²) in [5.41, 5.74) is 0.856. The highest BCUT2D eigenvalue weighted by Gasteiger charge is 2.18. The number of carbonyl (C=O) groups excluding carboxylic acids is 1. The average molecular weight is 350 g/mol. The van der Waals surface area contributed by atoms with Gasteiger partial charge in [0, 0.05) is 25.6 Å². The molecule has 0 aliphatic carbocycles. The number of anilines is 1. The van der Waals surface area contributed by atoms with Crippen LogP contribution in [0.25, 0.3) is 0 Å². The maximum Gasteiger partial charge on any atom is 0.224 e. The van der Waals surface area contributed by atoms with Crippen molar-refractivity contribution in [1.29, 1.82) is 0 Å². The number of halogens is 3. The molecule has 0 aromatic heterocycles. The van der Waals surface area contributed by atoms with E-state index in [1.807, 2.05) is 44.2 Å². The molecule has 25 heavy (non-hydrogen) atoms. The highest BCUT2D eigenvalue weighted by Crippen LogP contribution is 2.19. The van der Waals surface area contributed by atoms with Gasteiger partial charge in [-0.2, -0.15) is 0 Å². The largest absolute Gasteiger partial charge is 0.382 e. The van der Waals surface area contributed by atoms with Crippen LogP contribution >= 0.6 is 0 Å². The van der Waals surface area contributed by atoms with Crippen molar-refractivity contribution >= 4 is 11.6 Å². The fraction of sp³-hybridized carbons (Fsp3) is 0.316. The smallest absolute Gasteiger partial charge is 0.224 e. The van der Waals surface area contributed by atoms with Crippen molar-refractivity contribution in [2.75, 3.05) is 11.9 Å². The molecule has 6 heteroatoms. The lowest BCUT2D eigenvalue weighted by Crippen LogP contribution is -2.37. The van der Waals surface area contributed by atoms with E-state index < -0.39 is 17.5 Å². The maximum absolute atomic E-state index is 13.6. The molecule has 1 N–H and O–H groups in total. The van der Waals surface area contributed by atoms with E-state index in [1.165, 1.54) is 0 Å². The summed E-state index contributed by atoms with van der Waals surface area (Å²) in [6.07, 6.45) is 0.115. The van der Waals surface area contributed by atoms with E-state index in [9.17, 15) is 18.0 Å². The van der Waals surface area contributed by atoms with Crippen molar-refractivity contribution in [3.05, 3.63) is 65.5 Å². The third kappa shape index (κ3) is 4.98. The van der Waals surface area contributed by atoms with Crippen molar-refractivity contribution in [3.8, 4) is 0 Å². The van der Waals surface area contributed by atoms with Gasteiger partial charge >= 0.3 is 0 Å². The molecule has 0 aliphatic rings. The Labute approximate surface area is 145 Å². The van der Waals surface area contributed by atoms with E-state index in [1.54, 1.807) is 4.90 Å². The lowest BCUT2D eigenvalue weighted by molar-refractivity contribution is -0.133. The topological polar surface area (TPSA) is 32.3 Å². The molecular weight excluding hydrogens is 329 g/mol. The maximum atomic E-state index is 13.6. The van der Waals surface area contributed by atoms with Gasteiger partial charge < -0.3 is 10.2 Å². The SMILES string of the molecule is CC(C)N(Cc1ccccc1)C(=O)CCNc1ccc(F)c(F)c1F. The Bertz CT molecular complexity index is 720. The van der Waals surface area contributed by atoms with Gasteiger partial charge in [0.05, 0.1) is 5.69 Å². The zero-order chi connectivity index (χ0) is 18.4. The van der Waals surface area contributed by atoms with Crippen LogP contribution in [0.5, 0.6) is 0 Å². The summed E-state index contributed by atoms with van der Waals surface area (Å²) in [7, 11) is 0. The lowest BCUT2D eigenvalue weighted by Gasteiger charge is -2.27. The molecule has 0 aliphatic heterocycles. The van der Waals surface area contributed by atoms with Gasteiger partial charge in [0.25, 0.3) is 0 Å². The summed E-state index contributed by atoms with van der Waals surface area (Å²) >= 11 is 0. The number of carbonyl (C=O) groups is 1. The van der Waals surface area contributed by atoms with E-state index in [0.717, 1.165) is 17.7 Å². The summed E-state index contributed by atoms with van der Waals surface area (Å²) in [6, 6.07) is 11.6. The summed E-state index contributed by atoms with van der Waals surface area (Å²) in [5.74, 6) is -4.15. The van der Waals surface area contributed by atoms with Gasteiger partial charge in [-0.1, -0.05) is 30.3 Å². The average Bonchev–Trinajstić information content (AvgIpc) is 2.60. The minimum atomic E-state index is -1.52. The van der Waals surface area contributed by atoms with Crippen LogP contribution < -0.4 is 5.32 Å². The van der Waals surface area contributed by atoms with Crippen molar-refractivity contribution < 1.29 is 18.0 Å². The Balaban J connectivity index is 1.94. The van der Waals surface area contributed by atoms with E-state index in [4.69, 9.17) is 0 Å². The predicted octanol–water partition coefficient (Wildman–Crippen LogP) is 4.34. The van der Waals surface area contributed by atoms with Gasteiger partial charge in [0.1, 0.15) is 0 Å². The van der Waals surface area contributed by atoms with Gasteiger partial charge in [-0.3, -0.25) is 4.79 Å². The first-order chi connectivity index (χ1) is 11.9. The van der Waals surface area contributed by atoms with Gasteiger partial charge in [0.2, 0.25) is 5.91 Å². The van der Waals surface area contributed by atoms with Crippen LogP contribution in [-0.4, -0.2) is 23.4 Å². The van der Waals surface area contributed by atoms with Crippen LogP contribution in [0.3, 0.4) is 0 Å². The summed E-state index contributed by atoms with van der Waals surface area (Å²) in [5, 5.41) is 2.64. The molecule has 0 spiro atoms. The van der Waals surface area contributed by atoms with E-state index in [2.05, 4.69) is 5.32 Å².